The number of carbonyl (C=O) groups is 2. The molecular weight excluding hydrogens is 442 g/mol. The lowest BCUT2D eigenvalue weighted by Crippen LogP contribution is -2.48. The Labute approximate surface area is 199 Å². The number of hydrogen-bond acceptors (Lipinski definition) is 7. The van der Waals surface area contributed by atoms with Gasteiger partial charge in [-0.15, -0.1) is 16.4 Å². The zero-order valence-electron chi connectivity index (χ0n) is 20.2. The molecular formula is C24H35N3O5S. The van der Waals surface area contributed by atoms with Crippen LogP contribution in [-0.2, 0) is 21.5 Å². The fraction of sp³-hybridized carbons (Fsp3) is 0.542. The van der Waals surface area contributed by atoms with Gasteiger partial charge in [0.1, 0.15) is 0 Å². The van der Waals surface area contributed by atoms with E-state index in [0.717, 1.165) is 10.4 Å². The average Bonchev–Trinajstić information content (AvgIpc) is 3.26. The van der Waals surface area contributed by atoms with E-state index in [2.05, 4.69) is 10.3 Å². The van der Waals surface area contributed by atoms with Gasteiger partial charge < -0.3 is 14.8 Å². The summed E-state index contributed by atoms with van der Waals surface area (Å²) in [5, 5.41) is 13.6. The van der Waals surface area contributed by atoms with Crippen molar-refractivity contribution in [2.45, 2.75) is 78.2 Å². The zero-order valence-corrected chi connectivity index (χ0v) is 21.0. The summed E-state index contributed by atoms with van der Waals surface area (Å²) in [6.45, 7) is 11.2. The molecule has 1 heterocycles. The molecule has 182 valence electrons. The van der Waals surface area contributed by atoms with E-state index in [0.29, 0.717) is 17.9 Å². The van der Waals surface area contributed by atoms with Gasteiger partial charge in [-0.1, -0.05) is 51.1 Å². The maximum absolute atomic E-state index is 13.1. The lowest BCUT2D eigenvalue weighted by molar-refractivity contribution is -0.185. The molecule has 0 bridgehead atoms. The van der Waals surface area contributed by atoms with Crippen LogP contribution in [0.25, 0.3) is 0 Å². The molecule has 0 fully saturated rings. The van der Waals surface area contributed by atoms with Crippen LogP contribution in [0.1, 0.15) is 64.8 Å². The second kappa shape index (κ2) is 11.5. The molecule has 0 saturated carbocycles. The van der Waals surface area contributed by atoms with E-state index in [1.54, 1.807) is 39.4 Å². The van der Waals surface area contributed by atoms with E-state index in [-0.39, 0.29) is 12.3 Å². The molecule has 1 aromatic carbocycles. The molecule has 9 heteroatoms. The van der Waals surface area contributed by atoms with Gasteiger partial charge in [0.15, 0.2) is 5.60 Å². The minimum Gasteiger partial charge on any atom is -0.435 e. The van der Waals surface area contributed by atoms with Gasteiger partial charge in [-0.05, 0) is 38.7 Å². The predicted molar refractivity (Wildman–Crippen MR) is 127 cm³/mol. The Morgan fingerprint density at radius 1 is 1.21 bits per heavy atom. The number of hydroxylamine groups is 2. The van der Waals surface area contributed by atoms with Gasteiger partial charge >= 0.3 is 12.2 Å². The van der Waals surface area contributed by atoms with Crippen molar-refractivity contribution in [2.24, 2.45) is 5.92 Å². The number of nitrogens with zero attached hydrogens (tertiary/aromatic N) is 2. The third kappa shape index (κ3) is 8.01. The highest BCUT2D eigenvalue weighted by Gasteiger charge is 2.41. The van der Waals surface area contributed by atoms with Crippen molar-refractivity contribution in [3.8, 4) is 0 Å². The molecule has 2 unspecified atom stereocenters. The number of rotatable bonds is 9. The van der Waals surface area contributed by atoms with Gasteiger partial charge in [-0.25, -0.2) is 9.59 Å². The summed E-state index contributed by atoms with van der Waals surface area (Å²) < 4.78 is 11.3. The van der Waals surface area contributed by atoms with Crippen LogP contribution in [0, 0.1) is 5.92 Å². The summed E-state index contributed by atoms with van der Waals surface area (Å²) in [6, 6.07) is 9.71. The molecule has 2 rings (SSSR count). The fourth-order valence-corrected chi connectivity index (χ4v) is 4.28. The first-order valence-corrected chi connectivity index (χ1v) is 12.0. The zero-order chi connectivity index (χ0) is 24.6. The molecule has 1 aromatic heterocycles. The summed E-state index contributed by atoms with van der Waals surface area (Å²) in [5.74, 6) is 0.187. The molecule has 33 heavy (non-hydrogen) atoms. The third-order valence-corrected chi connectivity index (χ3v) is 5.72. The van der Waals surface area contributed by atoms with Gasteiger partial charge in [0.25, 0.3) is 0 Å². The van der Waals surface area contributed by atoms with E-state index in [1.807, 2.05) is 44.2 Å². The first-order chi connectivity index (χ1) is 15.5. The van der Waals surface area contributed by atoms with Gasteiger partial charge in [0.2, 0.25) is 6.23 Å². The summed E-state index contributed by atoms with van der Waals surface area (Å²) in [5.41, 5.74) is 1.11. The van der Waals surface area contributed by atoms with Crippen LogP contribution in [0.4, 0.5) is 9.59 Å². The average molecular weight is 478 g/mol. The van der Waals surface area contributed by atoms with Crippen molar-refractivity contribution in [1.82, 2.24) is 15.4 Å². The maximum atomic E-state index is 13.1. The van der Waals surface area contributed by atoms with Crippen LogP contribution in [0.5, 0.6) is 0 Å². The largest absolute Gasteiger partial charge is 0.438 e. The van der Waals surface area contributed by atoms with E-state index >= 15 is 0 Å². The van der Waals surface area contributed by atoms with Crippen LogP contribution in [0.3, 0.4) is 0 Å². The van der Waals surface area contributed by atoms with E-state index < -0.39 is 29.6 Å². The first-order valence-electron chi connectivity index (χ1n) is 11.1. The molecule has 2 aromatic rings. The number of hydrogen-bond donors (Lipinski definition) is 2. The lowest BCUT2D eigenvalue weighted by Gasteiger charge is -2.36. The van der Waals surface area contributed by atoms with Crippen molar-refractivity contribution in [3.05, 3.63) is 52.5 Å². The van der Waals surface area contributed by atoms with Crippen LogP contribution >= 0.6 is 11.3 Å². The van der Waals surface area contributed by atoms with Gasteiger partial charge in [0.05, 0.1) is 10.4 Å². The van der Waals surface area contributed by atoms with Crippen molar-refractivity contribution in [3.63, 3.8) is 0 Å². The van der Waals surface area contributed by atoms with Crippen LogP contribution in [0.15, 0.2) is 42.0 Å². The van der Waals surface area contributed by atoms with Crippen molar-refractivity contribution < 1.29 is 24.3 Å². The van der Waals surface area contributed by atoms with Crippen molar-refractivity contribution in [1.29, 1.82) is 0 Å². The Balaban J connectivity index is 2.30. The second-order valence-corrected chi connectivity index (χ2v) is 10.4. The number of amides is 2. The van der Waals surface area contributed by atoms with E-state index in [4.69, 9.17) is 9.47 Å². The Morgan fingerprint density at radius 3 is 2.39 bits per heavy atom. The minimum atomic E-state index is -1.20. The monoisotopic (exact) mass is 477 g/mol. The first kappa shape index (κ1) is 26.6. The molecule has 0 aliphatic carbocycles. The highest BCUT2D eigenvalue weighted by atomic mass is 32.1. The SMILES string of the molecule is CCC(OC(=O)NC(C)(C)C)N(O)C(=O)OC(Cc1ccccc1)(CC(C)C)c1cncs1. The molecule has 0 radical (unpaired) electrons. The molecule has 2 atom stereocenters. The predicted octanol–water partition coefficient (Wildman–Crippen LogP) is 5.72. The lowest BCUT2D eigenvalue weighted by atomic mass is 9.85. The van der Waals surface area contributed by atoms with Crippen LogP contribution in [-0.4, -0.2) is 39.2 Å². The van der Waals surface area contributed by atoms with Crippen molar-refractivity contribution >= 4 is 23.5 Å². The quantitative estimate of drug-likeness (QED) is 0.272. The maximum Gasteiger partial charge on any atom is 0.438 e. The van der Waals surface area contributed by atoms with Gasteiger partial charge in [-0.3, -0.25) is 10.2 Å². The molecule has 0 aliphatic rings. The normalized spacial score (nSPS) is 14.3. The van der Waals surface area contributed by atoms with Crippen LogP contribution < -0.4 is 5.32 Å². The Hall–Kier alpha value is -2.65. The fourth-order valence-electron chi connectivity index (χ4n) is 3.51. The molecule has 0 saturated heterocycles. The summed E-state index contributed by atoms with van der Waals surface area (Å²) in [4.78, 5) is 30.3. The van der Waals surface area contributed by atoms with E-state index in [1.165, 1.54) is 11.3 Å². The number of thiazole rings is 1. The minimum absolute atomic E-state index is 0.180. The van der Waals surface area contributed by atoms with E-state index in [9.17, 15) is 14.8 Å². The summed E-state index contributed by atoms with van der Waals surface area (Å²) >= 11 is 1.39. The number of aromatic nitrogens is 1. The summed E-state index contributed by atoms with van der Waals surface area (Å²) in [7, 11) is 0. The number of alkyl carbamates (subject to hydrolysis) is 1. The highest BCUT2D eigenvalue weighted by molar-refractivity contribution is 7.09. The Kier molecular flexibility index (Phi) is 9.25. The highest BCUT2D eigenvalue weighted by Crippen LogP contribution is 2.39. The second-order valence-electron chi connectivity index (χ2n) is 9.48. The molecule has 0 spiro atoms. The molecule has 0 aliphatic heterocycles. The van der Waals surface area contributed by atoms with Gasteiger partial charge in [0, 0.05) is 24.6 Å². The number of benzene rings is 1. The number of carbonyl (C=O) groups excluding carboxylic acids is 2. The Bertz CT molecular complexity index is 883. The smallest absolute Gasteiger partial charge is 0.435 e. The topological polar surface area (TPSA) is 101 Å². The number of ether oxygens (including phenoxy) is 2. The number of nitrogens with one attached hydrogen (secondary N) is 1. The molecule has 2 amide bonds. The standard InChI is InChI=1S/C24H35N3O5S/c1-7-20(31-21(28)26-23(4,5)6)27(30)22(29)32-24(13-17(2)3,19-15-25-16-33-19)14-18-11-9-8-10-12-18/h8-12,15-17,20,30H,7,13-14H2,1-6H3,(H,26,28). The van der Waals surface area contributed by atoms with Crippen molar-refractivity contribution in [2.75, 3.05) is 0 Å². The van der Waals surface area contributed by atoms with Crippen LogP contribution in [0.2, 0.25) is 0 Å². The molecule has 2 N–H and O–H groups in total. The Morgan fingerprint density at radius 2 is 1.88 bits per heavy atom. The third-order valence-electron chi connectivity index (χ3n) is 4.76. The van der Waals surface area contributed by atoms with Gasteiger partial charge in [-0.2, -0.15) is 0 Å². The molecule has 8 nitrogen and oxygen atoms in total. The summed E-state index contributed by atoms with van der Waals surface area (Å²) in [6.07, 6.45) is -0.122.